The molecule has 15 heteroatoms. The van der Waals surface area contributed by atoms with E-state index in [1.165, 1.54) is 8.87 Å². The Labute approximate surface area is 111 Å². The molecule has 108 valence electrons. The Morgan fingerprint density at radius 1 is 1.14 bits per heavy atom. The Hall–Kier alpha value is -3.78. The highest BCUT2D eigenvalue weighted by molar-refractivity contribution is 5.40. The predicted molar refractivity (Wildman–Crippen MR) is 64.5 cm³/mol. The number of nitrogens with two attached hydrogens (primary N) is 1. The number of nitrogen functional groups attached to an aromatic ring is 1. The molecule has 0 saturated heterocycles. The van der Waals surface area contributed by atoms with Gasteiger partial charge < -0.3 is 5.73 Å². The molecule has 15 nitrogen and oxygen atoms in total. The maximum atomic E-state index is 11.5. The fraction of sp³-hybridized carbons (Fsp3) is 0. The van der Waals surface area contributed by atoms with Crippen molar-refractivity contribution < 1.29 is 4.36 Å². The Balaban J connectivity index is 2.45. The molecule has 9 N–H and O–H groups in total. The SMILES string of the molecule is Nc1nc2n[nH]nc3[nH]c(=O)[nH]c4[nH][nH][nH]c(n1)n2[nH][n+]3=4. The van der Waals surface area contributed by atoms with E-state index in [2.05, 4.69) is 56.0 Å². The highest BCUT2D eigenvalue weighted by Crippen LogP contribution is 1.96. The van der Waals surface area contributed by atoms with Gasteiger partial charge in [-0.25, -0.2) is 30.2 Å². The topological polar surface area (TPSA) is 215 Å². The number of H-pyrrole nitrogens is 7. The van der Waals surface area contributed by atoms with Crippen molar-refractivity contribution in [3.63, 3.8) is 0 Å². The van der Waals surface area contributed by atoms with Gasteiger partial charge in [-0.05, 0) is 5.10 Å². The zero-order valence-electron chi connectivity index (χ0n) is 10.2. The molecule has 2 aliphatic heterocycles. The van der Waals surface area contributed by atoms with Gasteiger partial charge in [0.1, 0.15) is 0 Å². The molecule has 21 heavy (non-hydrogen) atoms. The van der Waals surface area contributed by atoms with Gasteiger partial charge in [0, 0.05) is 0 Å². The van der Waals surface area contributed by atoms with Gasteiger partial charge in [0.25, 0.3) is 5.78 Å². The molecule has 4 rings (SSSR count). The first-order chi connectivity index (χ1) is 10.2. The number of rotatable bonds is 0. The van der Waals surface area contributed by atoms with Gasteiger partial charge >= 0.3 is 22.9 Å². The minimum absolute atomic E-state index is 0.0116. The van der Waals surface area contributed by atoms with Crippen LogP contribution in [0, 0.1) is 5.62 Å². The lowest BCUT2D eigenvalue weighted by molar-refractivity contribution is -0.571. The van der Waals surface area contributed by atoms with Gasteiger partial charge in [-0.1, -0.05) is 0 Å². The zero-order valence-corrected chi connectivity index (χ0v) is 10.2. The average Bonchev–Trinajstić information content (AvgIpc) is 2.39. The van der Waals surface area contributed by atoms with Crippen molar-refractivity contribution in [1.29, 1.82) is 0 Å². The number of nitrogens with one attached hydrogen (secondary N) is 7. The lowest BCUT2D eigenvalue weighted by Crippen LogP contribution is -2.36. The maximum Gasteiger partial charge on any atom is 0.386 e. The predicted octanol–water partition coefficient (Wildman–Crippen LogP) is -3.32. The molecule has 0 unspecified atom stereocenters. The number of nitrogens with zero attached hydrogens (tertiary/aromatic N) is 6. The lowest BCUT2D eigenvalue weighted by Gasteiger charge is -2.00. The van der Waals surface area contributed by atoms with Gasteiger partial charge in [-0.3, -0.25) is 0 Å². The van der Waals surface area contributed by atoms with E-state index in [0.717, 1.165) is 0 Å². The number of aromatic nitrogens is 13. The van der Waals surface area contributed by atoms with Crippen LogP contribution in [0.1, 0.15) is 0 Å². The van der Waals surface area contributed by atoms with Crippen molar-refractivity contribution in [2.24, 2.45) is 0 Å². The van der Waals surface area contributed by atoms with Crippen molar-refractivity contribution in [3.8, 4) is 0 Å². The summed E-state index contributed by atoms with van der Waals surface area (Å²) >= 11 is 0. The van der Waals surface area contributed by atoms with Crippen LogP contribution in [0.5, 0.6) is 0 Å². The lowest BCUT2D eigenvalue weighted by atomic mass is 10.9. The second-order valence-corrected chi connectivity index (χ2v) is 3.93. The van der Waals surface area contributed by atoms with Crippen LogP contribution >= 0.6 is 0 Å². The third-order valence-corrected chi connectivity index (χ3v) is 2.60. The van der Waals surface area contributed by atoms with Crippen LogP contribution in [0.15, 0.2) is 4.79 Å². The Morgan fingerprint density at radius 2 is 2.05 bits per heavy atom. The van der Waals surface area contributed by atoms with Crippen molar-refractivity contribution in [1.82, 2.24) is 60.5 Å². The van der Waals surface area contributed by atoms with Gasteiger partial charge in [-0.2, -0.15) is 20.4 Å². The summed E-state index contributed by atoms with van der Waals surface area (Å²) in [4.78, 5) is 24.5. The van der Waals surface area contributed by atoms with Crippen molar-refractivity contribution >= 4 is 23.3 Å². The monoisotopic (exact) mass is 293 g/mol. The number of aromatic amines is 7. The summed E-state index contributed by atoms with van der Waals surface area (Å²) in [6.07, 6.45) is 0. The first kappa shape index (κ1) is 11.1. The molecule has 4 heterocycles. The fourth-order valence-corrected chi connectivity index (χ4v) is 1.77. The minimum atomic E-state index is -0.474. The third-order valence-electron chi connectivity index (χ3n) is 2.60. The molecule has 2 bridgehead atoms. The number of anilines is 1. The van der Waals surface area contributed by atoms with Crippen LogP contribution in [0.25, 0.3) is 17.3 Å². The summed E-state index contributed by atoms with van der Waals surface area (Å²) in [7, 11) is 0. The molecule has 0 amide bonds. The van der Waals surface area contributed by atoms with Crippen molar-refractivity contribution in [2.75, 3.05) is 5.73 Å². The molecule has 0 radical (unpaired) electrons. The molecule has 0 aromatic carbocycles. The maximum absolute atomic E-state index is 11.5. The summed E-state index contributed by atoms with van der Waals surface area (Å²) in [6.45, 7) is 0. The van der Waals surface area contributed by atoms with E-state index in [9.17, 15) is 4.79 Å². The standard InChI is InChI=1S/C6H8N14O/c7-1-8-2-12-16-14-4-10-6(21)11-5-15-17-13-3(9-1)19(2)18-20(4)5/h16-18H,(H5,7,8,9,10,11,12,13,14,15,21)/p+1. The smallest absolute Gasteiger partial charge is 0.368 e. The van der Waals surface area contributed by atoms with E-state index in [1.54, 1.807) is 0 Å². The van der Waals surface area contributed by atoms with Crippen molar-refractivity contribution in [3.05, 3.63) is 16.1 Å². The Kier molecular flexibility index (Phi) is 2.03. The van der Waals surface area contributed by atoms with Crippen LogP contribution in [0.2, 0.25) is 0 Å². The number of hydrogen-bond acceptors (Lipinski definition) is 6. The zero-order chi connectivity index (χ0) is 14.4. The molecule has 0 saturated carbocycles. The van der Waals surface area contributed by atoms with E-state index in [0.29, 0.717) is 0 Å². The van der Waals surface area contributed by atoms with Gasteiger partial charge in [0.2, 0.25) is 5.95 Å². The second kappa shape index (κ2) is 3.85. The van der Waals surface area contributed by atoms with Crippen LogP contribution < -0.4 is 15.8 Å². The Morgan fingerprint density at radius 3 is 2.95 bits per heavy atom. The fourth-order valence-electron chi connectivity index (χ4n) is 1.77. The summed E-state index contributed by atoms with van der Waals surface area (Å²) in [5, 5.41) is 21.2. The molecular weight excluding hydrogens is 284 g/mol. The van der Waals surface area contributed by atoms with E-state index in [1.807, 2.05) is 0 Å². The van der Waals surface area contributed by atoms with Gasteiger partial charge in [0.15, 0.2) is 0 Å². The molecule has 0 aliphatic carbocycles. The highest BCUT2D eigenvalue weighted by Gasteiger charge is 2.06. The van der Waals surface area contributed by atoms with Crippen LogP contribution in [0.4, 0.5) is 5.95 Å². The first-order valence-corrected chi connectivity index (χ1v) is 5.62. The summed E-state index contributed by atoms with van der Waals surface area (Å²) in [6, 6.07) is 0. The molecule has 2 aromatic rings. The Bertz CT molecular complexity index is 1130. The third kappa shape index (κ3) is 1.68. The highest BCUT2D eigenvalue weighted by atomic mass is 16.1. The van der Waals surface area contributed by atoms with E-state index in [4.69, 9.17) is 5.73 Å². The summed E-state index contributed by atoms with van der Waals surface area (Å²) in [5.74, 6) is 0.590. The van der Waals surface area contributed by atoms with Crippen LogP contribution in [-0.4, -0.2) is 60.5 Å². The average molecular weight is 293 g/mol. The van der Waals surface area contributed by atoms with Gasteiger partial charge in [-0.15, -0.1) is 14.0 Å². The quantitative estimate of drug-likeness (QED) is 0.155. The van der Waals surface area contributed by atoms with Crippen molar-refractivity contribution in [2.45, 2.75) is 0 Å². The van der Waals surface area contributed by atoms with E-state index < -0.39 is 5.69 Å². The second-order valence-electron chi connectivity index (χ2n) is 3.93. The first-order valence-electron chi connectivity index (χ1n) is 5.62. The largest absolute Gasteiger partial charge is 0.386 e. The molecular formula is C6H9N14O+. The number of hydrogen-bond donors (Lipinski definition) is 8. The van der Waals surface area contributed by atoms with Crippen LogP contribution in [0.3, 0.4) is 0 Å². The van der Waals surface area contributed by atoms with E-state index >= 15 is 0 Å². The minimum Gasteiger partial charge on any atom is -0.368 e. The normalized spacial score (nSPS) is 11.2. The molecule has 2 aliphatic rings. The van der Waals surface area contributed by atoms with Crippen LogP contribution in [-0.2, 0) is 0 Å². The summed E-state index contributed by atoms with van der Waals surface area (Å²) < 4.78 is 2.77. The molecule has 0 fully saturated rings. The molecule has 0 atom stereocenters. The summed E-state index contributed by atoms with van der Waals surface area (Å²) in [5.41, 5.74) is 5.39. The molecule has 2 aromatic heterocycles. The van der Waals surface area contributed by atoms with E-state index in [-0.39, 0.29) is 28.9 Å². The molecule has 0 spiro atoms. The van der Waals surface area contributed by atoms with Gasteiger partial charge in [0.05, 0.1) is 0 Å².